The van der Waals surface area contributed by atoms with Crippen LogP contribution in [0.15, 0.2) is 93.1 Å². The van der Waals surface area contributed by atoms with Gasteiger partial charge in [-0.15, -0.1) is 0 Å². The van der Waals surface area contributed by atoms with Gasteiger partial charge in [-0.3, -0.25) is 9.59 Å². The second-order valence-electron chi connectivity index (χ2n) is 5.27. The summed E-state index contributed by atoms with van der Waals surface area (Å²) in [5.41, 5.74) is 4.73. The molecule has 0 atom stereocenters. The van der Waals surface area contributed by atoms with E-state index >= 15 is 0 Å². The van der Waals surface area contributed by atoms with E-state index in [1.807, 2.05) is 42.5 Å². The summed E-state index contributed by atoms with van der Waals surface area (Å²) in [6, 6.07) is 19.4. The molecule has 0 aliphatic heterocycles. The molecule has 1 aromatic heterocycles. The average molecular weight is 345 g/mol. The number of rotatable bonds is 5. The molecular formula is C19H15N5O2. The molecular weight excluding hydrogens is 330 g/mol. The minimum Gasteiger partial charge on any atom is -0.328 e. The van der Waals surface area contributed by atoms with E-state index in [1.165, 1.54) is 24.5 Å². The number of hydrogen-bond donors (Lipinski definition) is 2. The molecule has 7 heteroatoms. The third-order valence-electron chi connectivity index (χ3n) is 3.36. The average Bonchev–Trinajstić information content (AvgIpc) is 2.68. The monoisotopic (exact) mass is 345 g/mol. The number of hydrogen-bond acceptors (Lipinski definition) is 5. The van der Waals surface area contributed by atoms with E-state index in [0.717, 1.165) is 11.3 Å². The number of nitrogens with zero attached hydrogens (tertiary/aromatic N) is 3. The lowest BCUT2D eigenvalue weighted by molar-refractivity contribution is 0.0954. The predicted molar refractivity (Wildman–Crippen MR) is 99.2 cm³/mol. The molecule has 0 saturated carbocycles. The molecule has 0 saturated heterocycles. The van der Waals surface area contributed by atoms with Crippen LogP contribution < -0.4 is 11.0 Å². The number of benzene rings is 2. The number of carbonyl (C=O) groups excluding carboxylic acids is 1. The predicted octanol–water partition coefficient (Wildman–Crippen LogP) is 3.55. The highest BCUT2D eigenvalue weighted by Gasteiger charge is 2.02. The van der Waals surface area contributed by atoms with Crippen molar-refractivity contribution in [3.05, 3.63) is 94.4 Å². The quantitative estimate of drug-likeness (QED) is 0.420. The highest BCUT2D eigenvalue weighted by atomic mass is 16.2. The first kappa shape index (κ1) is 17.0. The minimum absolute atomic E-state index is 0.269. The Morgan fingerprint density at radius 2 is 1.58 bits per heavy atom. The van der Waals surface area contributed by atoms with Gasteiger partial charge in [-0.1, -0.05) is 30.3 Å². The van der Waals surface area contributed by atoms with Crippen LogP contribution in [0, 0.1) is 0 Å². The van der Waals surface area contributed by atoms with Gasteiger partial charge in [-0.05, 0) is 35.9 Å². The fourth-order valence-corrected chi connectivity index (χ4v) is 2.02. The Morgan fingerprint density at radius 3 is 2.23 bits per heavy atom. The number of pyridine rings is 1. The first-order valence-corrected chi connectivity index (χ1v) is 7.80. The van der Waals surface area contributed by atoms with Crippen molar-refractivity contribution in [1.29, 1.82) is 0 Å². The number of nitrogens with one attached hydrogen (secondary N) is 2. The Bertz CT molecular complexity index is 972. The maximum atomic E-state index is 11.8. The molecule has 7 nitrogen and oxygen atoms in total. The van der Waals surface area contributed by atoms with Gasteiger partial charge in [-0.25, -0.2) is 5.43 Å². The molecule has 26 heavy (non-hydrogen) atoms. The summed E-state index contributed by atoms with van der Waals surface area (Å²) < 4.78 is 0. The topological polar surface area (TPSA) is 99.0 Å². The first-order chi connectivity index (χ1) is 12.7. The second-order valence-corrected chi connectivity index (χ2v) is 5.27. The summed E-state index contributed by atoms with van der Waals surface area (Å²) in [6.45, 7) is 0. The molecule has 0 fully saturated rings. The lowest BCUT2D eigenvalue weighted by atomic mass is 10.2. The van der Waals surface area contributed by atoms with Crippen molar-refractivity contribution in [3.63, 3.8) is 0 Å². The first-order valence-electron chi connectivity index (χ1n) is 7.80. The maximum Gasteiger partial charge on any atom is 0.272 e. The normalized spacial score (nSPS) is 11.1. The van der Waals surface area contributed by atoms with Gasteiger partial charge in [-0.2, -0.15) is 15.3 Å². The largest absolute Gasteiger partial charge is 0.328 e. The van der Waals surface area contributed by atoms with Crippen LogP contribution >= 0.6 is 0 Å². The number of amides is 1. The minimum atomic E-state index is -0.411. The number of hydrazone groups is 1. The second kappa shape index (κ2) is 8.29. The van der Waals surface area contributed by atoms with Crippen molar-refractivity contribution in [1.82, 2.24) is 10.4 Å². The standard InChI is InChI=1S/C19H15N5O2/c25-18-11-8-15(13-20-18)19(26)24-21-12-14-6-9-17(10-7-14)23-22-16-4-2-1-3-5-16/h1-13H,(H,20,25)(H,24,26)/b21-12+,23-22?. The zero-order valence-corrected chi connectivity index (χ0v) is 13.7. The SMILES string of the molecule is O=C(N/N=C/c1ccc(N=Nc2ccccc2)cc1)c1ccc(=O)[nH]c1. The maximum absolute atomic E-state index is 11.8. The third-order valence-corrected chi connectivity index (χ3v) is 3.36. The smallest absolute Gasteiger partial charge is 0.272 e. The zero-order valence-electron chi connectivity index (χ0n) is 13.7. The van der Waals surface area contributed by atoms with Crippen LogP contribution in [-0.4, -0.2) is 17.1 Å². The van der Waals surface area contributed by atoms with Crippen molar-refractivity contribution < 1.29 is 4.79 Å². The van der Waals surface area contributed by atoms with Crippen molar-refractivity contribution >= 4 is 23.5 Å². The summed E-state index contributed by atoms with van der Waals surface area (Å²) >= 11 is 0. The molecule has 0 bridgehead atoms. The summed E-state index contributed by atoms with van der Waals surface area (Å²) in [5, 5.41) is 12.2. The summed E-state index contributed by atoms with van der Waals surface area (Å²) in [6.07, 6.45) is 2.85. The molecule has 0 radical (unpaired) electrons. The van der Waals surface area contributed by atoms with E-state index in [9.17, 15) is 9.59 Å². The van der Waals surface area contributed by atoms with Crippen LogP contribution in [0.2, 0.25) is 0 Å². The van der Waals surface area contributed by atoms with Crippen LogP contribution in [0.4, 0.5) is 11.4 Å². The Morgan fingerprint density at radius 1 is 0.885 bits per heavy atom. The van der Waals surface area contributed by atoms with Gasteiger partial charge in [0.05, 0.1) is 23.2 Å². The number of H-pyrrole nitrogens is 1. The van der Waals surface area contributed by atoms with Gasteiger partial charge < -0.3 is 4.98 Å². The van der Waals surface area contributed by atoms with Crippen molar-refractivity contribution in [2.24, 2.45) is 15.3 Å². The molecule has 0 aliphatic carbocycles. The molecule has 3 rings (SSSR count). The third kappa shape index (κ3) is 4.81. The van der Waals surface area contributed by atoms with Crippen molar-refractivity contribution in [3.8, 4) is 0 Å². The Kier molecular flexibility index (Phi) is 5.41. The van der Waals surface area contributed by atoms with Crippen LogP contribution in [0.25, 0.3) is 0 Å². The molecule has 0 aliphatic rings. The van der Waals surface area contributed by atoms with Gasteiger partial charge in [0, 0.05) is 12.3 Å². The molecule has 3 aromatic rings. The van der Waals surface area contributed by atoms with Crippen LogP contribution in [0.3, 0.4) is 0 Å². The highest BCUT2D eigenvalue weighted by molar-refractivity contribution is 5.94. The van der Waals surface area contributed by atoms with E-state index in [-0.39, 0.29) is 5.56 Å². The van der Waals surface area contributed by atoms with Crippen LogP contribution in [-0.2, 0) is 0 Å². The lowest BCUT2D eigenvalue weighted by Crippen LogP contribution is -2.19. The number of aromatic nitrogens is 1. The molecule has 0 unspecified atom stereocenters. The van der Waals surface area contributed by atoms with Gasteiger partial charge >= 0.3 is 0 Å². The van der Waals surface area contributed by atoms with E-state index in [0.29, 0.717) is 11.3 Å². The fourth-order valence-electron chi connectivity index (χ4n) is 2.02. The van der Waals surface area contributed by atoms with E-state index < -0.39 is 5.91 Å². The Balaban J connectivity index is 1.57. The van der Waals surface area contributed by atoms with Crippen molar-refractivity contribution in [2.45, 2.75) is 0 Å². The molecule has 0 spiro atoms. The van der Waals surface area contributed by atoms with Gasteiger partial charge in [0.15, 0.2) is 0 Å². The molecule has 2 aromatic carbocycles. The fraction of sp³-hybridized carbons (Fsp3) is 0. The Labute approximate surface area is 149 Å². The molecule has 1 amide bonds. The van der Waals surface area contributed by atoms with Gasteiger partial charge in [0.1, 0.15) is 0 Å². The molecule has 1 heterocycles. The lowest BCUT2D eigenvalue weighted by Gasteiger charge is -1.99. The van der Waals surface area contributed by atoms with Gasteiger partial charge in [0.2, 0.25) is 5.56 Å². The molecule has 128 valence electrons. The van der Waals surface area contributed by atoms with Gasteiger partial charge in [0.25, 0.3) is 5.91 Å². The highest BCUT2D eigenvalue weighted by Crippen LogP contribution is 2.17. The molecule has 2 N–H and O–H groups in total. The summed E-state index contributed by atoms with van der Waals surface area (Å²) in [4.78, 5) is 25.2. The van der Waals surface area contributed by atoms with Crippen molar-refractivity contribution in [2.75, 3.05) is 0 Å². The van der Waals surface area contributed by atoms with Crippen LogP contribution in [0.1, 0.15) is 15.9 Å². The Hall–Kier alpha value is -3.87. The summed E-state index contributed by atoms with van der Waals surface area (Å²) in [7, 11) is 0. The van der Waals surface area contributed by atoms with Crippen LogP contribution in [0.5, 0.6) is 0 Å². The van der Waals surface area contributed by atoms with E-state index in [2.05, 4.69) is 25.7 Å². The van der Waals surface area contributed by atoms with E-state index in [4.69, 9.17) is 0 Å². The summed E-state index contributed by atoms with van der Waals surface area (Å²) in [5.74, 6) is -0.411. The number of azo groups is 1. The number of carbonyl (C=O) groups is 1. The van der Waals surface area contributed by atoms with E-state index in [1.54, 1.807) is 12.1 Å². The number of aromatic amines is 1. The zero-order chi connectivity index (χ0) is 18.2.